The maximum absolute atomic E-state index is 14.7. The lowest BCUT2D eigenvalue weighted by Crippen LogP contribution is -2.51. The average molecular weight is 625 g/mol. The molecule has 0 radical (unpaired) electrons. The molecule has 41 heavy (non-hydrogen) atoms. The molecule has 3 aliphatic rings. The summed E-state index contributed by atoms with van der Waals surface area (Å²) in [7, 11) is 0. The van der Waals surface area contributed by atoms with Crippen molar-refractivity contribution < 1.29 is 14.4 Å². The van der Waals surface area contributed by atoms with Crippen LogP contribution in [0.4, 0.5) is 17.1 Å². The van der Waals surface area contributed by atoms with Crippen molar-refractivity contribution in [1.82, 2.24) is 0 Å². The van der Waals surface area contributed by atoms with Gasteiger partial charge in [0.15, 0.2) is 5.78 Å². The number of ketones is 1. The molecule has 4 aromatic carbocycles. The molecule has 6 nitrogen and oxygen atoms in total. The van der Waals surface area contributed by atoms with Crippen LogP contribution in [0, 0.1) is 5.92 Å². The minimum Gasteiger partial charge on any atom is -0.350 e. The zero-order valence-electron chi connectivity index (χ0n) is 21.6. The minimum absolute atomic E-state index is 0.277. The number of amides is 2. The van der Waals surface area contributed by atoms with Crippen molar-refractivity contribution >= 4 is 68.3 Å². The zero-order valence-corrected chi connectivity index (χ0v) is 23.9. The van der Waals surface area contributed by atoms with Crippen molar-refractivity contribution in [2.45, 2.75) is 17.5 Å². The Morgan fingerprint density at radius 2 is 1.61 bits per heavy atom. The van der Waals surface area contributed by atoms with E-state index in [1.165, 1.54) is 0 Å². The number of hydrogen-bond donors (Lipinski definition) is 2. The molecule has 4 aromatic rings. The molecule has 1 spiro atoms. The van der Waals surface area contributed by atoms with Gasteiger partial charge in [0.1, 0.15) is 11.5 Å². The summed E-state index contributed by atoms with van der Waals surface area (Å²) in [5.41, 5.74) is 2.68. The summed E-state index contributed by atoms with van der Waals surface area (Å²) in [5, 5.41) is 6.60. The highest BCUT2D eigenvalue weighted by Gasteiger charge is 2.70. The second kappa shape index (κ2) is 9.72. The fraction of sp³-hybridized carbons (Fsp3) is 0.121. The standard InChI is InChI=1S/C33H23BrClN3O3/c34-21-12-9-20(10-13-21)30(39)28-29(31(40)36-23-16-14-22(35)15-17-23)38-26-8-4-1-5-19(26)11-18-27(38)33(28)24-6-2-3-7-25(24)37-32(33)41/h1-18,27-29H,(H,36,40)(H,37,41). The van der Waals surface area contributed by atoms with Crippen molar-refractivity contribution in [3.63, 3.8) is 0 Å². The lowest BCUT2D eigenvalue weighted by molar-refractivity contribution is -0.122. The van der Waals surface area contributed by atoms with Gasteiger partial charge in [0.05, 0.1) is 12.0 Å². The van der Waals surface area contributed by atoms with Crippen molar-refractivity contribution in [1.29, 1.82) is 0 Å². The second-order valence-electron chi connectivity index (χ2n) is 10.4. The van der Waals surface area contributed by atoms with Gasteiger partial charge in [0, 0.05) is 32.1 Å². The lowest BCUT2D eigenvalue weighted by Gasteiger charge is -2.37. The molecule has 4 unspecified atom stereocenters. The number of nitrogens with zero attached hydrogens (tertiary/aromatic N) is 1. The molecular formula is C33H23BrClN3O3. The van der Waals surface area contributed by atoms with Crippen LogP contribution in [0.25, 0.3) is 6.08 Å². The highest BCUT2D eigenvalue weighted by Crippen LogP contribution is 2.57. The van der Waals surface area contributed by atoms with Crippen LogP contribution < -0.4 is 15.5 Å². The van der Waals surface area contributed by atoms with Gasteiger partial charge in [-0.3, -0.25) is 14.4 Å². The molecule has 202 valence electrons. The van der Waals surface area contributed by atoms with Gasteiger partial charge in [0.2, 0.25) is 11.8 Å². The Kier molecular flexibility index (Phi) is 6.10. The largest absolute Gasteiger partial charge is 0.350 e. The number of nitrogens with one attached hydrogen (secondary N) is 2. The molecule has 4 atom stereocenters. The molecule has 2 amide bonds. The van der Waals surface area contributed by atoms with E-state index >= 15 is 0 Å². The predicted octanol–water partition coefficient (Wildman–Crippen LogP) is 6.71. The smallest absolute Gasteiger partial charge is 0.247 e. The van der Waals surface area contributed by atoms with E-state index in [1.807, 2.05) is 65.6 Å². The van der Waals surface area contributed by atoms with E-state index in [2.05, 4.69) is 26.6 Å². The summed E-state index contributed by atoms with van der Waals surface area (Å²) in [6, 6.07) is 27.5. The molecule has 3 heterocycles. The molecule has 0 aliphatic carbocycles. The van der Waals surface area contributed by atoms with Crippen molar-refractivity contribution in [2.75, 3.05) is 15.5 Å². The second-order valence-corrected chi connectivity index (χ2v) is 11.8. The highest BCUT2D eigenvalue weighted by molar-refractivity contribution is 9.10. The van der Waals surface area contributed by atoms with E-state index in [0.717, 1.165) is 15.7 Å². The van der Waals surface area contributed by atoms with E-state index in [9.17, 15) is 14.4 Å². The lowest BCUT2D eigenvalue weighted by atomic mass is 9.64. The molecule has 2 N–H and O–H groups in total. The fourth-order valence-corrected chi connectivity index (χ4v) is 7.05. The fourth-order valence-electron chi connectivity index (χ4n) is 6.66. The molecule has 1 fully saturated rings. The number of carbonyl (C=O) groups is 3. The summed E-state index contributed by atoms with van der Waals surface area (Å²) >= 11 is 9.54. The van der Waals surface area contributed by atoms with Gasteiger partial charge in [-0.15, -0.1) is 0 Å². The molecular weight excluding hydrogens is 602 g/mol. The zero-order chi connectivity index (χ0) is 28.3. The van der Waals surface area contributed by atoms with Crippen molar-refractivity contribution in [3.8, 4) is 0 Å². The Hall–Kier alpha value is -4.20. The third-order valence-corrected chi connectivity index (χ3v) is 9.11. The van der Waals surface area contributed by atoms with Crippen LogP contribution in [-0.2, 0) is 15.0 Å². The number of rotatable bonds is 4. The SMILES string of the molecule is O=C(Nc1ccc(Cl)cc1)C1C(C(=O)c2ccc(Br)cc2)C2(C(=O)Nc3ccccc32)C2C=Cc3ccccc3N12. The number of hydrogen-bond acceptors (Lipinski definition) is 4. The number of fused-ring (bicyclic) bond motifs is 6. The monoisotopic (exact) mass is 623 g/mol. The molecule has 0 aromatic heterocycles. The summed E-state index contributed by atoms with van der Waals surface area (Å²) in [5.74, 6) is -2.00. The van der Waals surface area contributed by atoms with Crippen LogP contribution in [0.1, 0.15) is 21.5 Å². The highest BCUT2D eigenvalue weighted by atomic mass is 79.9. The summed E-state index contributed by atoms with van der Waals surface area (Å²) in [6.07, 6.45) is 3.94. The molecule has 7 rings (SSSR count). The molecule has 8 heteroatoms. The van der Waals surface area contributed by atoms with Gasteiger partial charge in [-0.1, -0.05) is 88.2 Å². The Morgan fingerprint density at radius 1 is 0.902 bits per heavy atom. The summed E-state index contributed by atoms with van der Waals surface area (Å²) in [4.78, 5) is 45.4. The normalized spacial score (nSPS) is 23.5. The summed E-state index contributed by atoms with van der Waals surface area (Å²) < 4.78 is 0.824. The van der Waals surface area contributed by atoms with E-state index in [4.69, 9.17) is 11.6 Å². The van der Waals surface area contributed by atoms with E-state index in [0.29, 0.717) is 27.5 Å². The third-order valence-electron chi connectivity index (χ3n) is 8.33. The van der Waals surface area contributed by atoms with Crippen molar-refractivity contribution in [2.24, 2.45) is 5.92 Å². The average Bonchev–Trinajstić information content (AvgIpc) is 3.47. The molecule has 0 saturated carbocycles. The van der Waals surface area contributed by atoms with Crippen LogP contribution in [0.5, 0.6) is 0 Å². The Labute approximate surface area is 250 Å². The summed E-state index contributed by atoms with van der Waals surface area (Å²) in [6.45, 7) is 0. The topological polar surface area (TPSA) is 78.5 Å². The number of carbonyl (C=O) groups excluding carboxylic acids is 3. The third kappa shape index (κ3) is 3.87. The van der Waals surface area contributed by atoms with E-state index in [-0.39, 0.29) is 17.6 Å². The van der Waals surface area contributed by atoms with Gasteiger partial charge in [-0.25, -0.2) is 0 Å². The van der Waals surface area contributed by atoms with Gasteiger partial charge < -0.3 is 15.5 Å². The van der Waals surface area contributed by atoms with Crippen LogP contribution in [0.2, 0.25) is 5.02 Å². The van der Waals surface area contributed by atoms with Gasteiger partial charge >= 0.3 is 0 Å². The van der Waals surface area contributed by atoms with Crippen LogP contribution in [0.15, 0.2) is 108 Å². The number of anilines is 3. The van der Waals surface area contributed by atoms with Gasteiger partial charge in [-0.2, -0.15) is 0 Å². The first-order valence-electron chi connectivity index (χ1n) is 13.2. The maximum Gasteiger partial charge on any atom is 0.247 e. The minimum atomic E-state index is -1.35. The Bertz CT molecular complexity index is 1750. The quantitative estimate of drug-likeness (QED) is 0.247. The van der Waals surface area contributed by atoms with Crippen LogP contribution in [0.3, 0.4) is 0 Å². The molecule has 1 saturated heterocycles. The Morgan fingerprint density at radius 3 is 2.39 bits per heavy atom. The Balaban J connectivity index is 1.48. The van der Waals surface area contributed by atoms with Crippen molar-refractivity contribution in [3.05, 3.63) is 129 Å². The number of para-hydroxylation sites is 2. The molecule has 0 bridgehead atoms. The van der Waals surface area contributed by atoms with Gasteiger partial charge in [0.25, 0.3) is 0 Å². The number of halogens is 2. The van der Waals surface area contributed by atoms with E-state index in [1.54, 1.807) is 48.5 Å². The predicted molar refractivity (Wildman–Crippen MR) is 164 cm³/mol. The molecule has 3 aliphatic heterocycles. The van der Waals surface area contributed by atoms with Gasteiger partial charge in [-0.05, 0) is 59.7 Å². The van der Waals surface area contributed by atoms with E-state index < -0.39 is 23.4 Å². The first-order chi connectivity index (χ1) is 19.9. The number of benzene rings is 4. The number of Topliss-reactive ketones (excluding diaryl/α,β-unsaturated/α-hetero) is 1. The van der Waals surface area contributed by atoms with Crippen LogP contribution >= 0.6 is 27.5 Å². The van der Waals surface area contributed by atoms with Crippen LogP contribution in [-0.4, -0.2) is 29.7 Å². The maximum atomic E-state index is 14.7. The first-order valence-corrected chi connectivity index (χ1v) is 14.4. The first kappa shape index (κ1) is 25.7.